The van der Waals surface area contributed by atoms with Crippen molar-refractivity contribution in [2.75, 3.05) is 13.2 Å². The zero-order valence-electron chi connectivity index (χ0n) is 12.6. The first kappa shape index (κ1) is 15.9. The molecule has 0 saturated heterocycles. The van der Waals surface area contributed by atoms with Crippen LogP contribution in [0.4, 0.5) is 8.78 Å². The predicted molar refractivity (Wildman–Crippen MR) is 83.5 cm³/mol. The molecule has 1 atom stereocenters. The summed E-state index contributed by atoms with van der Waals surface area (Å²) in [5.74, 6) is -1.67. The Labute approximate surface area is 133 Å². The lowest BCUT2D eigenvalue weighted by molar-refractivity contribution is 0.103. The second kappa shape index (κ2) is 7.06. The van der Waals surface area contributed by atoms with E-state index >= 15 is 0 Å². The smallest absolute Gasteiger partial charge is 0.162 e. The Morgan fingerprint density at radius 2 is 1.78 bits per heavy atom. The van der Waals surface area contributed by atoms with Crippen molar-refractivity contribution in [1.82, 2.24) is 5.32 Å². The Bertz CT molecular complexity index is 653. The van der Waals surface area contributed by atoms with Gasteiger partial charge in [0.1, 0.15) is 18.5 Å². The van der Waals surface area contributed by atoms with Crippen molar-refractivity contribution in [3.05, 3.63) is 65.2 Å². The third-order valence-corrected chi connectivity index (χ3v) is 4.03. The van der Waals surface area contributed by atoms with Crippen LogP contribution < -0.4 is 10.1 Å². The van der Waals surface area contributed by atoms with Crippen molar-refractivity contribution in [1.29, 1.82) is 0 Å². The lowest BCUT2D eigenvalue weighted by Crippen LogP contribution is -2.38. The van der Waals surface area contributed by atoms with Crippen LogP contribution >= 0.6 is 0 Å². The van der Waals surface area contributed by atoms with E-state index in [1.807, 2.05) is 12.1 Å². The van der Waals surface area contributed by atoms with Gasteiger partial charge in [-0.2, -0.15) is 0 Å². The Morgan fingerprint density at radius 1 is 1.09 bits per heavy atom. The highest BCUT2D eigenvalue weighted by atomic mass is 19.2. The first-order valence-electron chi connectivity index (χ1n) is 7.68. The number of rotatable bonds is 6. The van der Waals surface area contributed by atoms with Gasteiger partial charge in [-0.3, -0.25) is 0 Å². The predicted octanol–water partition coefficient (Wildman–Crippen LogP) is 2.46. The maximum Gasteiger partial charge on any atom is 0.162 e. The van der Waals surface area contributed by atoms with Gasteiger partial charge in [-0.25, -0.2) is 8.78 Å². The molecular formula is C18H19F2NO2. The maximum atomic E-state index is 13.1. The molecule has 2 aromatic rings. The summed E-state index contributed by atoms with van der Waals surface area (Å²) in [5, 5.41) is 13.3. The van der Waals surface area contributed by atoms with Gasteiger partial charge in [-0.05, 0) is 36.1 Å². The fourth-order valence-corrected chi connectivity index (χ4v) is 2.82. The molecule has 0 heterocycles. The van der Waals surface area contributed by atoms with Crippen molar-refractivity contribution >= 4 is 0 Å². The van der Waals surface area contributed by atoms with E-state index in [0.717, 1.165) is 25.0 Å². The molecule has 0 spiro atoms. The van der Waals surface area contributed by atoms with E-state index in [1.165, 1.54) is 17.2 Å². The van der Waals surface area contributed by atoms with E-state index in [9.17, 15) is 13.9 Å². The number of halogens is 2. The second-order valence-electron chi connectivity index (χ2n) is 5.82. The van der Waals surface area contributed by atoms with Crippen molar-refractivity contribution in [3.8, 4) is 5.75 Å². The standard InChI is InChI=1S/C18H19F2NO2/c19-17-6-5-16(9-18(17)20)23-11-15(22)10-21-14-7-12-3-1-2-4-13(12)8-14/h1-6,9,14-15,21-22H,7-8,10-11H2. The third kappa shape index (κ3) is 4.06. The van der Waals surface area contributed by atoms with Gasteiger partial charge in [0.05, 0.1) is 0 Å². The first-order valence-corrected chi connectivity index (χ1v) is 7.68. The quantitative estimate of drug-likeness (QED) is 0.859. The first-order chi connectivity index (χ1) is 11.1. The van der Waals surface area contributed by atoms with Crippen molar-refractivity contribution < 1.29 is 18.6 Å². The molecule has 5 heteroatoms. The Hall–Kier alpha value is -1.98. The summed E-state index contributed by atoms with van der Waals surface area (Å²) < 4.78 is 31.2. The summed E-state index contributed by atoms with van der Waals surface area (Å²) in [6.45, 7) is 0.417. The van der Waals surface area contributed by atoms with Gasteiger partial charge in [0, 0.05) is 18.7 Å². The minimum atomic E-state index is -0.959. The Kier molecular flexibility index (Phi) is 4.88. The fraction of sp³-hybridized carbons (Fsp3) is 0.333. The minimum absolute atomic E-state index is 0.0255. The molecule has 0 aliphatic heterocycles. The third-order valence-electron chi connectivity index (χ3n) is 4.03. The van der Waals surface area contributed by atoms with Gasteiger partial charge >= 0.3 is 0 Å². The normalized spacial score (nSPS) is 15.4. The highest BCUT2D eigenvalue weighted by molar-refractivity contribution is 5.33. The summed E-state index contributed by atoms with van der Waals surface area (Å²) in [6.07, 6.45) is 1.19. The van der Waals surface area contributed by atoms with Crippen LogP contribution in [0.15, 0.2) is 42.5 Å². The molecule has 1 aliphatic rings. The van der Waals surface area contributed by atoms with Crippen LogP contribution in [0.2, 0.25) is 0 Å². The number of nitrogens with one attached hydrogen (secondary N) is 1. The van der Waals surface area contributed by atoms with E-state index < -0.39 is 17.7 Å². The second-order valence-corrected chi connectivity index (χ2v) is 5.82. The largest absolute Gasteiger partial charge is 0.491 e. The van der Waals surface area contributed by atoms with E-state index in [0.29, 0.717) is 12.6 Å². The van der Waals surface area contributed by atoms with Gasteiger partial charge in [-0.1, -0.05) is 24.3 Å². The van der Waals surface area contributed by atoms with E-state index in [4.69, 9.17) is 4.74 Å². The number of fused-ring (bicyclic) bond motifs is 1. The summed E-state index contributed by atoms with van der Waals surface area (Å²) in [6, 6.07) is 11.9. The monoisotopic (exact) mass is 319 g/mol. The van der Waals surface area contributed by atoms with Crippen LogP contribution in [-0.4, -0.2) is 30.4 Å². The lowest BCUT2D eigenvalue weighted by atomic mass is 10.1. The molecule has 2 N–H and O–H groups in total. The van der Waals surface area contributed by atoms with Crippen molar-refractivity contribution in [3.63, 3.8) is 0 Å². The Morgan fingerprint density at radius 3 is 2.43 bits per heavy atom. The Balaban J connectivity index is 1.42. The van der Waals surface area contributed by atoms with Crippen LogP contribution in [0, 0.1) is 11.6 Å². The van der Waals surface area contributed by atoms with Crippen LogP contribution in [0.5, 0.6) is 5.75 Å². The molecule has 2 aromatic carbocycles. The van der Waals surface area contributed by atoms with Gasteiger partial charge in [-0.15, -0.1) is 0 Å². The molecule has 122 valence electrons. The molecule has 0 saturated carbocycles. The number of hydrogen-bond donors (Lipinski definition) is 2. The zero-order valence-corrected chi connectivity index (χ0v) is 12.6. The van der Waals surface area contributed by atoms with Crippen molar-refractivity contribution in [2.45, 2.75) is 25.0 Å². The zero-order chi connectivity index (χ0) is 16.2. The van der Waals surface area contributed by atoms with Gasteiger partial charge in [0.15, 0.2) is 11.6 Å². The van der Waals surface area contributed by atoms with Gasteiger partial charge < -0.3 is 15.2 Å². The topological polar surface area (TPSA) is 41.5 Å². The molecule has 0 bridgehead atoms. The molecule has 0 aromatic heterocycles. The molecule has 23 heavy (non-hydrogen) atoms. The van der Waals surface area contributed by atoms with Crippen LogP contribution in [0.3, 0.4) is 0 Å². The number of benzene rings is 2. The number of hydrogen-bond acceptors (Lipinski definition) is 3. The molecular weight excluding hydrogens is 300 g/mol. The maximum absolute atomic E-state index is 13.1. The molecule has 3 nitrogen and oxygen atoms in total. The minimum Gasteiger partial charge on any atom is -0.491 e. The molecule has 0 fully saturated rings. The van der Waals surface area contributed by atoms with E-state index in [2.05, 4.69) is 17.4 Å². The van der Waals surface area contributed by atoms with Crippen LogP contribution in [0.1, 0.15) is 11.1 Å². The average Bonchev–Trinajstić information content (AvgIpc) is 2.97. The lowest BCUT2D eigenvalue weighted by Gasteiger charge is -2.17. The van der Waals surface area contributed by atoms with Crippen LogP contribution in [-0.2, 0) is 12.8 Å². The van der Waals surface area contributed by atoms with Gasteiger partial charge in [0.25, 0.3) is 0 Å². The summed E-state index contributed by atoms with van der Waals surface area (Å²) in [5.41, 5.74) is 2.69. The number of ether oxygens (including phenoxy) is 1. The molecule has 3 rings (SSSR count). The van der Waals surface area contributed by atoms with E-state index in [-0.39, 0.29) is 12.4 Å². The highest BCUT2D eigenvalue weighted by Crippen LogP contribution is 2.21. The van der Waals surface area contributed by atoms with Crippen LogP contribution in [0.25, 0.3) is 0 Å². The SMILES string of the molecule is OC(CNC1Cc2ccccc2C1)COc1ccc(F)c(F)c1. The number of aliphatic hydroxyl groups excluding tert-OH is 1. The highest BCUT2D eigenvalue weighted by Gasteiger charge is 2.21. The fourth-order valence-electron chi connectivity index (χ4n) is 2.82. The summed E-state index contributed by atoms with van der Waals surface area (Å²) in [7, 11) is 0. The molecule has 0 amide bonds. The van der Waals surface area contributed by atoms with Gasteiger partial charge in [0.2, 0.25) is 0 Å². The molecule has 1 unspecified atom stereocenters. The number of aliphatic hydroxyl groups is 1. The van der Waals surface area contributed by atoms with Crippen molar-refractivity contribution in [2.24, 2.45) is 0 Å². The average molecular weight is 319 g/mol. The molecule has 1 aliphatic carbocycles. The summed E-state index contributed by atoms with van der Waals surface area (Å²) >= 11 is 0. The molecule has 0 radical (unpaired) electrons. The summed E-state index contributed by atoms with van der Waals surface area (Å²) in [4.78, 5) is 0. The van der Waals surface area contributed by atoms with E-state index in [1.54, 1.807) is 0 Å².